The Morgan fingerprint density at radius 3 is 2.75 bits per heavy atom. The van der Waals surface area contributed by atoms with Crippen molar-refractivity contribution in [1.82, 2.24) is 14.8 Å². The molecule has 28 heavy (non-hydrogen) atoms. The molecule has 0 saturated carbocycles. The van der Waals surface area contributed by atoms with Gasteiger partial charge >= 0.3 is 0 Å². The molecule has 4 nitrogen and oxygen atoms in total. The number of nitrogens with zero attached hydrogens (tertiary/aromatic N) is 3. The van der Waals surface area contributed by atoms with Gasteiger partial charge in [-0.25, -0.2) is 13.8 Å². The van der Waals surface area contributed by atoms with Crippen molar-refractivity contribution in [1.29, 1.82) is 0 Å². The van der Waals surface area contributed by atoms with Crippen molar-refractivity contribution in [2.24, 2.45) is 5.41 Å². The van der Waals surface area contributed by atoms with Crippen LogP contribution in [0.15, 0.2) is 36.4 Å². The first-order chi connectivity index (χ1) is 13.5. The summed E-state index contributed by atoms with van der Waals surface area (Å²) in [6.45, 7) is 5.37. The van der Waals surface area contributed by atoms with Crippen molar-refractivity contribution in [3.63, 3.8) is 0 Å². The van der Waals surface area contributed by atoms with Crippen LogP contribution in [-0.4, -0.2) is 46.9 Å². The fourth-order valence-electron chi connectivity index (χ4n) is 4.62. The predicted molar refractivity (Wildman–Crippen MR) is 103 cm³/mol. The fourth-order valence-corrected chi connectivity index (χ4v) is 4.62. The van der Waals surface area contributed by atoms with Crippen molar-refractivity contribution < 1.29 is 13.6 Å². The third kappa shape index (κ3) is 3.78. The predicted octanol–water partition coefficient (Wildman–Crippen LogP) is 3.80. The van der Waals surface area contributed by atoms with Crippen LogP contribution >= 0.6 is 0 Å². The molecule has 0 N–H and O–H groups in total. The summed E-state index contributed by atoms with van der Waals surface area (Å²) >= 11 is 0. The Labute approximate surface area is 164 Å². The summed E-state index contributed by atoms with van der Waals surface area (Å²) in [7, 11) is 0. The molecule has 1 aromatic carbocycles. The number of rotatable bonds is 3. The van der Waals surface area contributed by atoms with Crippen LogP contribution in [0.2, 0.25) is 0 Å². The van der Waals surface area contributed by atoms with E-state index in [-0.39, 0.29) is 11.3 Å². The summed E-state index contributed by atoms with van der Waals surface area (Å²) in [5.74, 6) is -1.57. The summed E-state index contributed by atoms with van der Waals surface area (Å²) in [5.41, 5.74) is 1.75. The lowest BCUT2D eigenvalue weighted by Crippen LogP contribution is -2.45. The van der Waals surface area contributed by atoms with Gasteiger partial charge in [-0.3, -0.25) is 9.69 Å². The molecular weight excluding hydrogens is 360 g/mol. The second kappa shape index (κ2) is 7.59. The van der Waals surface area contributed by atoms with Crippen LogP contribution in [0.25, 0.3) is 0 Å². The van der Waals surface area contributed by atoms with Gasteiger partial charge in [0, 0.05) is 42.9 Å². The first kappa shape index (κ1) is 19.0. The molecular formula is C22H25F2N3O. The molecule has 2 fully saturated rings. The maximum absolute atomic E-state index is 14.1. The molecule has 1 aromatic heterocycles. The molecule has 2 saturated heterocycles. The lowest BCUT2D eigenvalue weighted by Gasteiger charge is -2.40. The zero-order valence-corrected chi connectivity index (χ0v) is 16.1. The Morgan fingerprint density at radius 2 is 1.93 bits per heavy atom. The normalized spacial score (nSPS) is 22.8. The fraction of sp³-hybridized carbons (Fsp3) is 0.455. The average Bonchev–Trinajstić information content (AvgIpc) is 3.08. The number of aromatic nitrogens is 1. The van der Waals surface area contributed by atoms with E-state index in [2.05, 4.69) is 9.88 Å². The summed E-state index contributed by atoms with van der Waals surface area (Å²) in [6, 6.07) is 9.85. The highest BCUT2D eigenvalue weighted by molar-refractivity contribution is 5.92. The van der Waals surface area contributed by atoms with Crippen LogP contribution in [0.3, 0.4) is 0 Å². The molecule has 2 aliphatic rings. The van der Waals surface area contributed by atoms with E-state index in [1.165, 1.54) is 0 Å². The number of amides is 1. The highest BCUT2D eigenvalue weighted by Gasteiger charge is 2.43. The Balaban J connectivity index is 1.44. The van der Waals surface area contributed by atoms with E-state index in [9.17, 15) is 13.6 Å². The summed E-state index contributed by atoms with van der Waals surface area (Å²) < 4.78 is 27.6. The largest absolute Gasteiger partial charge is 0.337 e. The maximum Gasteiger partial charge on any atom is 0.272 e. The van der Waals surface area contributed by atoms with Gasteiger partial charge < -0.3 is 4.90 Å². The molecule has 3 heterocycles. The standard InChI is InChI=1S/C22H25F2N3O/c1-16-5-2-8-19(25-16)21(28)27-12-10-22(15-27)9-4-11-26(14-22)13-17-6-3-7-18(23)20(17)24/h2-3,5-8H,4,9-15H2,1H3. The molecule has 4 rings (SSSR count). The van der Waals surface area contributed by atoms with Gasteiger partial charge in [0.1, 0.15) is 5.69 Å². The van der Waals surface area contributed by atoms with Crippen LogP contribution in [0.1, 0.15) is 41.0 Å². The molecule has 1 unspecified atom stereocenters. The number of carbonyl (C=O) groups excluding carboxylic acids is 1. The first-order valence-corrected chi connectivity index (χ1v) is 9.84. The number of pyridine rings is 1. The molecule has 1 spiro atoms. The lowest BCUT2D eigenvalue weighted by atomic mass is 9.79. The van der Waals surface area contributed by atoms with Gasteiger partial charge in [-0.15, -0.1) is 0 Å². The average molecular weight is 385 g/mol. The minimum absolute atomic E-state index is 0.0196. The van der Waals surface area contributed by atoms with E-state index in [0.717, 1.165) is 50.7 Å². The topological polar surface area (TPSA) is 36.4 Å². The summed E-state index contributed by atoms with van der Waals surface area (Å²) in [4.78, 5) is 21.3. The number of piperidine rings is 1. The quantitative estimate of drug-likeness (QED) is 0.807. The molecule has 0 bridgehead atoms. The highest BCUT2D eigenvalue weighted by Crippen LogP contribution is 2.39. The molecule has 0 radical (unpaired) electrons. The van der Waals surface area contributed by atoms with Gasteiger partial charge in [-0.1, -0.05) is 18.2 Å². The number of benzene rings is 1. The number of carbonyl (C=O) groups is 1. The SMILES string of the molecule is Cc1cccc(C(=O)N2CCC3(CCCN(Cc4cccc(F)c4F)C3)C2)n1. The van der Waals surface area contributed by atoms with Crippen LogP contribution in [0.4, 0.5) is 8.78 Å². The van der Waals surface area contributed by atoms with Gasteiger partial charge in [-0.2, -0.15) is 0 Å². The molecule has 6 heteroatoms. The third-order valence-electron chi connectivity index (χ3n) is 6.00. The monoisotopic (exact) mass is 385 g/mol. The molecule has 0 aliphatic carbocycles. The Hall–Kier alpha value is -2.34. The van der Waals surface area contributed by atoms with Gasteiger partial charge in [0.25, 0.3) is 5.91 Å². The van der Waals surface area contributed by atoms with Gasteiger partial charge in [0.15, 0.2) is 11.6 Å². The summed E-state index contributed by atoms with van der Waals surface area (Å²) in [5, 5.41) is 0. The van der Waals surface area contributed by atoms with E-state index >= 15 is 0 Å². The minimum atomic E-state index is -0.799. The second-order valence-corrected chi connectivity index (χ2v) is 8.17. The van der Waals surface area contributed by atoms with Crippen LogP contribution in [0, 0.1) is 24.0 Å². The van der Waals surface area contributed by atoms with Crippen LogP contribution < -0.4 is 0 Å². The van der Waals surface area contributed by atoms with E-state index in [0.29, 0.717) is 24.3 Å². The number of likely N-dealkylation sites (tertiary alicyclic amines) is 2. The van der Waals surface area contributed by atoms with Crippen molar-refractivity contribution in [2.75, 3.05) is 26.2 Å². The van der Waals surface area contributed by atoms with Crippen molar-refractivity contribution >= 4 is 5.91 Å². The van der Waals surface area contributed by atoms with E-state index in [1.54, 1.807) is 18.2 Å². The Kier molecular flexibility index (Phi) is 5.15. The number of aryl methyl sites for hydroxylation is 1. The molecule has 2 aromatic rings. The third-order valence-corrected chi connectivity index (χ3v) is 6.00. The zero-order chi connectivity index (χ0) is 19.7. The van der Waals surface area contributed by atoms with E-state index in [4.69, 9.17) is 0 Å². The first-order valence-electron chi connectivity index (χ1n) is 9.84. The van der Waals surface area contributed by atoms with Crippen molar-refractivity contribution in [3.8, 4) is 0 Å². The van der Waals surface area contributed by atoms with Crippen molar-refractivity contribution in [3.05, 3.63) is 65.0 Å². The maximum atomic E-state index is 14.1. The van der Waals surface area contributed by atoms with Crippen molar-refractivity contribution in [2.45, 2.75) is 32.7 Å². The zero-order valence-electron chi connectivity index (χ0n) is 16.1. The Morgan fingerprint density at radius 1 is 1.11 bits per heavy atom. The van der Waals surface area contributed by atoms with Gasteiger partial charge in [-0.05, 0) is 50.9 Å². The Bertz CT molecular complexity index is 888. The number of hydrogen-bond donors (Lipinski definition) is 0. The van der Waals surface area contributed by atoms with E-state index in [1.807, 2.05) is 24.0 Å². The van der Waals surface area contributed by atoms with Gasteiger partial charge in [0.05, 0.1) is 0 Å². The van der Waals surface area contributed by atoms with Gasteiger partial charge in [0.2, 0.25) is 0 Å². The summed E-state index contributed by atoms with van der Waals surface area (Å²) in [6.07, 6.45) is 2.99. The van der Waals surface area contributed by atoms with E-state index < -0.39 is 11.6 Å². The molecule has 2 aliphatic heterocycles. The van der Waals surface area contributed by atoms with Crippen LogP contribution in [-0.2, 0) is 6.54 Å². The number of halogens is 2. The minimum Gasteiger partial charge on any atom is -0.337 e. The second-order valence-electron chi connectivity index (χ2n) is 8.17. The van der Waals surface area contributed by atoms with Crippen LogP contribution in [0.5, 0.6) is 0 Å². The smallest absolute Gasteiger partial charge is 0.272 e. The number of hydrogen-bond acceptors (Lipinski definition) is 3. The molecule has 1 atom stereocenters. The lowest BCUT2D eigenvalue weighted by molar-refractivity contribution is 0.0668. The highest BCUT2D eigenvalue weighted by atomic mass is 19.2. The molecule has 148 valence electrons. The molecule has 1 amide bonds.